The van der Waals surface area contributed by atoms with Gasteiger partial charge in [-0.3, -0.25) is 0 Å². The Labute approximate surface area is 190 Å². The predicted molar refractivity (Wildman–Crippen MR) is 115 cm³/mol. The summed E-state index contributed by atoms with van der Waals surface area (Å²) in [5.41, 5.74) is 2.60. The van der Waals surface area contributed by atoms with Gasteiger partial charge in [-0.2, -0.15) is 4.98 Å². The molecule has 6 nitrogen and oxygen atoms in total. The molecule has 0 aliphatic carbocycles. The van der Waals surface area contributed by atoms with Gasteiger partial charge in [-0.25, -0.2) is 0 Å². The SMILES string of the molecule is C(=C1/[N-]c2ccccc2O1)/c1[nH+]c2ccccc2o1.CCOCC.CCOCC.[Li+]. The second kappa shape index (κ2) is 14.7. The summed E-state index contributed by atoms with van der Waals surface area (Å²) in [6, 6.07) is 15.4. The molecule has 156 valence electrons. The van der Waals surface area contributed by atoms with Crippen molar-refractivity contribution in [2.45, 2.75) is 27.7 Å². The number of aromatic nitrogens is 1. The first kappa shape index (κ1) is 25.8. The molecule has 2 heterocycles. The summed E-state index contributed by atoms with van der Waals surface area (Å²) >= 11 is 0. The quantitative estimate of drug-likeness (QED) is 0.612. The van der Waals surface area contributed by atoms with Gasteiger partial charge in [-0.05, 0) is 39.8 Å². The number of nitrogens with zero attached hydrogens (tertiary/aromatic N) is 1. The van der Waals surface area contributed by atoms with Crippen molar-refractivity contribution in [3.63, 3.8) is 0 Å². The minimum atomic E-state index is 0. The van der Waals surface area contributed by atoms with Crippen LogP contribution in [0.4, 0.5) is 5.69 Å². The van der Waals surface area contributed by atoms with E-state index in [-0.39, 0.29) is 18.9 Å². The first-order chi connectivity index (χ1) is 14.2. The minimum Gasteiger partial charge on any atom is -0.624 e. The number of benzene rings is 2. The third-order valence-electron chi connectivity index (χ3n) is 3.75. The van der Waals surface area contributed by atoms with E-state index in [0.717, 1.165) is 49.0 Å². The fourth-order valence-electron chi connectivity index (χ4n) is 2.47. The van der Waals surface area contributed by atoms with Crippen LogP contribution >= 0.6 is 0 Å². The molecular formula is C23H30LiN2O4+. The van der Waals surface area contributed by atoms with Crippen LogP contribution in [0.3, 0.4) is 0 Å². The van der Waals surface area contributed by atoms with Crippen LogP contribution in [-0.4, -0.2) is 26.4 Å². The van der Waals surface area contributed by atoms with E-state index in [9.17, 15) is 0 Å². The van der Waals surface area contributed by atoms with Gasteiger partial charge in [0.15, 0.2) is 0 Å². The van der Waals surface area contributed by atoms with Gasteiger partial charge in [0.2, 0.25) is 11.1 Å². The molecule has 7 heteroatoms. The van der Waals surface area contributed by atoms with Crippen molar-refractivity contribution < 1.29 is 42.5 Å². The molecule has 1 aromatic heterocycles. The van der Waals surface area contributed by atoms with Crippen LogP contribution < -0.4 is 28.6 Å². The smallest absolute Gasteiger partial charge is 0.624 e. The molecule has 0 radical (unpaired) electrons. The number of ether oxygens (including phenoxy) is 3. The van der Waals surface area contributed by atoms with E-state index in [0.29, 0.717) is 11.8 Å². The first-order valence-electron chi connectivity index (χ1n) is 9.98. The van der Waals surface area contributed by atoms with Gasteiger partial charge in [-0.15, -0.1) is 0 Å². The van der Waals surface area contributed by atoms with Gasteiger partial charge < -0.3 is 23.9 Å². The number of hydrogen-bond acceptors (Lipinski definition) is 4. The van der Waals surface area contributed by atoms with Crippen molar-refractivity contribution in [1.29, 1.82) is 0 Å². The van der Waals surface area contributed by atoms with Gasteiger partial charge in [0.25, 0.3) is 0 Å². The molecule has 1 aliphatic rings. The van der Waals surface area contributed by atoms with Gasteiger partial charge >= 0.3 is 24.8 Å². The molecule has 0 saturated heterocycles. The van der Waals surface area contributed by atoms with E-state index in [1.165, 1.54) is 0 Å². The molecule has 0 atom stereocenters. The molecule has 3 aromatic rings. The average molecular weight is 405 g/mol. The average Bonchev–Trinajstić information content (AvgIpc) is 3.33. The second-order valence-corrected chi connectivity index (χ2v) is 5.81. The van der Waals surface area contributed by atoms with Crippen LogP contribution in [0.1, 0.15) is 33.6 Å². The number of oxazole rings is 1. The van der Waals surface area contributed by atoms with Crippen LogP contribution in [0.15, 0.2) is 58.8 Å². The number of aromatic amines is 1. The summed E-state index contributed by atoms with van der Waals surface area (Å²) in [6.45, 7) is 11.3. The van der Waals surface area contributed by atoms with Crippen LogP contribution in [0.25, 0.3) is 22.5 Å². The number of H-pyrrole nitrogens is 1. The van der Waals surface area contributed by atoms with E-state index in [2.05, 4.69) is 10.3 Å². The molecule has 0 fully saturated rings. The zero-order valence-electron chi connectivity index (χ0n) is 18.6. The van der Waals surface area contributed by atoms with Crippen molar-refractivity contribution in [2.75, 3.05) is 26.4 Å². The predicted octanol–water partition coefficient (Wildman–Crippen LogP) is 2.73. The third-order valence-corrected chi connectivity index (χ3v) is 3.75. The van der Waals surface area contributed by atoms with E-state index >= 15 is 0 Å². The number of hydrogen-bond donors (Lipinski definition) is 0. The molecule has 0 amide bonds. The second-order valence-electron chi connectivity index (χ2n) is 5.81. The Bertz CT molecular complexity index is 826. The standard InChI is InChI=1S/C15H9N2O2.2C4H10O.Li/c1-3-7-12-10(5-1)16-14(18-12)9-15-17-11-6-2-4-8-13(11)19-15;2*1-3-5-4-2;/h1-9H;2*3-4H2,1-2H3;/q-1;;;+1/p+1/b14-9+;;;. The largest absolute Gasteiger partial charge is 1.00 e. The molecule has 0 saturated carbocycles. The van der Waals surface area contributed by atoms with Crippen LogP contribution in [0.5, 0.6) is 5.75 Å². The van der Waals surface area contributed by atoms with Crippen molar-refractivity contribution >= 4 is 22.9 Å². The fraction of sp³-hybridized carbons (Fsp3) is 0.348. The summed E-state index contributed by atoms with van der Waals surface area (Å²) in [4.78, 5) is 3.17. The molecule has 0 spiro atoms. The Kier molecular flexibility index (Phi) is 12.6. The van der Waals surface area contributed by atoms with Crippen molar-refractivity contribution in [1.82, 2.24) is 0 Å². The van der Waals surface area contributed by atoms with E-state index < -0.39 is 0 Å². The molecule has 0 bridgehead atoms. The summed E-state index contributed by atoms with van der Waals surface area (Å²) in [6.07, 6.45) is 1.75. The number of para-hydroxylation sites is 4. The van der Waals surface area contributed by atoms with E-state index in [4.69, 9.17) is 18.6 Å². The minimum absolute atomic E-state index is 0. The number of nitrogens with one attached hydrogen (secondary N) is 1. The molecule has 0 unspecified atom stereocenters. The van der Waals surface area contributed by atoms with Gasteiger partial charge in [0, 0.05) is 38.4 Å². The third kappa shape index (κ3) is 8.25. The Hall–Kier alpha value is -2.23. The van der Waals surface area contributed by atoms with E-state index in [1.807, 2.05) is 76.2 Å². The fourth-order valence-corrected chi connectivity index (χ4v) is 2.47. The van der Waals surface area contributed by atoms with Crippen LogP contribution in [0, 0.1) is 0 Å². The Balaban J connectivity index is 0.000000348. The first-order valence-corrected chi connectivity index (χ1v) is 9.98. The summed E-state index contributed by atoms with van der Waals surface area (Å²) in [5.74, 6) is 1.91. The van der Waals surface area contributed by atoms with Crippen LogP contribution in [0.2, 0.25) is 0 Å². The van der Waals surface area contributed by atoms with Crippen LogP contribution in [-0.2, 0) is 9.47 Å². The van der Waals surface area contributed by atoms with Crippen molar-refractivity contribution in [3.05, 3.63) is 65.6 Å². The zero-order chi connectivity index (χ0) is 20.9. The normalized spacial score (nSPS) is 12.5. The van der Waals surface area contributed by atoms with Gasteiger partial charge in [0.05, 0.1) is 6.08 Å². The molecule has 30 heavy (non-hydrogen) atoms. The molecular weight excluding hydrogens is 375 g/mol. The monoisotopic (exact) mass is 405 g/mol. The molecule has 4 rings (SSSR count). The maximum absolute atomic E-state index is 5.66. The molecule has 2 aromatic carbocycles. The summed E-state index contributed by atoms with van der Waals surface area (Å²) < 4.78 is 20.9. The topological polar surface area (TPSA) is 69.1 Å². The van der Waals surface area contributed by atoms with Crippen molar-refractivity contribution in [3.8, 4) is 5.75 Å². The molecule has 1 N–H and O–H groups in total. The number of rotatable bonds is 5. The van der Waals surface area contributed by atoms with Gasteiger partial charge in [0.1, 0.15) is 5.75 Å². The summed E-state index contributed by atoms with van der Waals surface area (Å²) in [5, 5.41) is 4.38. The van der Waals surface area contributed by atoms with Crippen molar-refractivity contribution in [2.24, 2.45) is 0 Å². The van der Waals surface area contributed by atoms with E-state index in [1.54, 1.807) is 6.08 Å². The Morgan fingerprint density at radius 2 is 1.47 bits per heavy atom. The maximum atomic E-state index is 5.66. The zero-order valence-corrected chi connectivity index (χ0v) is 18.6. The molecule has 1 aliphatic heterocycles. The summed E-state index contributed by atoms with van der Waals surface area (Å²) in [7, 11) is 0. The Morgan fingerprint density at radius 1 is 0.867 bits per heavy atom. The maximum Gasteiger partial charge on any atom is 1.00 e. The number of fused-ring (bicyclic) bond motifs is 2. The van der Waals surface area contributed by atoms with Gasteiger partial charge in [-0.1, -0.05) is 36.0 Å². The Morgan fingerprint density at radius 3 is 2.03 bits per heavy atom.